The molecule has 1 aromatic heterocycles. The van der Waals surface area contributed by atoms with E-state index in [1.54, 1.807) is 22.7 Å². The van der Waals surface area contributed by atoms with Crippen molar-refractivity contribution in [1.82, 2.24) is 4.90 Å². The standard InChI is InChI=1S/C17H18N2O2S2/c1-11-3-4-14(12(2)7-11)18-16(20)15-9-23-10-19(15)17(21)13-5-6-22-8-13/h3-8,15H,9-10H2,1-2H3,(H,18,20)/t15-/m1/s1. The minimum Gasteiger partial charge on any atom is -0.324 e. The summed E-state index contributed by atoms with van der Waals surface area (Å²) >= 11 is 3.10. The van der Waals surface area contributed by atoms with E-state index in [1.165, 1.54) is 11.3 Å². The maximum Gasteiger partial charge on any atom is 0.256 e. The van der Waals surface area contributed by atoms with Crippen LogP contribution in [0.1, 0.15) is 21.5 Å². The molecule has 1 N–H and O–H groups in total. The number of amides is 2. The maximum atomic E-state index is 12.6. The minimum absolute atomic E-state index is 0.0722. The highest BCUT2D eigenvalue weighted by Gasteiger charge is 2.35. The lowest BCUT2D eigenvalue weighted by atomic mass is 10.1. The van der Waals surface area contributed by atoms with Gasteiger partial charge in [-0.1, -0.05) is 17.7 Å². The molecule has 0 saturated carbocycles. The number of carbonyl (C=O) groups excluding carboxylic acids is 2. The molecule has 4 nitrogen and oxygen atoms in total. The fourth-order valence-electron chi connectivity index (χ4n) is 2.58. The van der Waals surface area contributed by atoms with Crippen molar-refractivity contribution in [3.63, 3.8) is 0 Å². The molecule has 0 aliphatic carbocycles. The normalized spacial score (nSPS) is 17.3. The predicted molar refractivity (Wildman–Crippen MR) is 96.1 cm³/mol. The Morgan fingerprint density at radius 2 is 2.09 bits per heavy atom. The summed E-state index contributed by atoms with van der Waals surface area (Å²) in [4.78, 5) is 26.8. The van der Waals surface area contributed by atoms with E-state index < -0.39 is 6.04 Å². The molecular weight excluding hydrogens is 328 g/mol. The van der Waals surface area contributed by atoms with Crippen molar-refractivity contribution in [2.75, 3.05) is 16.9 Å². The SMILES string of the molecule is Cc1ccc(NC(=O)[C@H]2CSCN2C(=O)c2ccsc2)c(C)c1. The molecule has 6 heteroatoms. The van der Waals surface area contributed by atoms with Gasteiger partial charge in [-0.2, -0.15) is 11.3 Å². The van der Waals surface area contributed by atoms with Crippen LogP contribution in [-0.2, 0) is 4.79 Å². The van der Waals surface area contributed by atoms with Crippen molar-refractivity contribution in [1.29, 1.82) is 0 Å². The van der Waals surface area contributed by atoms with E-state index >= 15 is 0 Å². The molecule has 1 saturated heterocycles. The summed E-state index contributed by atoms with van der Waals surface area (Å²) in [7, 11) is 0. The van der Waals surface area contributed by atoms with Gasteiger partial charge in [-0.25, -0.2) is 0 Å². The Labute approximate surface area is 143 Å². The fourth-order valence-corrected chi connectivity index (χ4v) is 4.37. The zero-order valence-electron chi connectivity index (χ0n) is 13.0. The lowest BCUT2D eigenvalue weighted by Gasteiger charge is -2.23. The smallest absolute Gasteiger partial charge is 0.256 e. The highest BCUT2D eigenvalue weighted by atomic mass is 32.2. The molecule has 0 spiro atoms. The Morgan fingerprint density at radius 1 is 1.26 bits per heavy atom. The molecule has 1 aromatic carbocycles. The van der Waals surface area contributed by atoms with E-state index in [4.69, 9.17) is 0 Å². The summed E-state index contributed by atoms with van der Waals surface area (Å²) in [6, 6.07) is 7.30. The van der Waals surface area contributed by atoms with Crippen LogP contribution in [0, 0.1) is 13.8 Å². The van der Waals surface area contributed by atoms with Crippen LogP contribution in [0.25, 0.3) is 0 Å². The number of hydrogen-bond donors (Lipinski definition) is 1. The highest BCUT2D eigenvalue weighted by Crippen LogP contribution is 2.25. The first-order valence-electron chi connectivity index (χ1n) is 7.35. The third kappa shape index (κ3) is 3.43. The number of carbonyl (C=O) groups is 2. The highest BCUT2D eigenvalue weighted by molar-refractivity contribution is 7.99. The molecule has 1 fully saturated rings. The van der Waals surface area contributed by atoms with E-state index in [2.05, 4.69) is 5.32 Å². The van der Waals surface area contributed by atoms with Crippen molar-refractivity contribution < 1.29 is 9.59 Å². The van der Waals surface area contributed by atoms with Gasteiger partial charge in [0.25, 0.3) is 5.91 Å². The van der Waals surface area contributed by atoms with Gasteiger partial charge < -0.3 is 10.2 Å². The van der Waals surface area contributed by atoms with Crippen LogP contribution in [0.2, 0.25) is 0 Å². The van der Waals surface area contributed by atoms with E-state index in [1.807, 2.05) is 42.8 Å². The van der Waals surface area contributed by atoms with Gasteiger partial charge in [-0.15, -0.1) is 11.8 Å². The Kier molecular flexibility index (Phi) is 4.73. The molecule has 2 amide bonds. The Balaban J connectivity index is 1.74. The molecule has 1 aliphatic heterocycles. The van der Waals surface area contributed by atoms with Crippen molar-refractivity contribution in [3.8, 4) is 0 Å². The first kappa shape index (κ1) is 16.1. The number of aryl methyl sites for hydroxylation is 2. The largest absolute Gasteiger partial charge is 0.324 e. The van der Waals surface area contributed by atoms with Gasteiger partial charge in [-0.05, 0) is 36.9 Å². The summed E-state index contributed by atoms with van der Waals surface area (Å²) in [5.41, 5.74) is 3.65. The molecule has 0 bridgehead atoms. The van der Waals surface area contributed by atoms with Crippen molar-refractivity contribution in [3.05, 3.63) is 51.7 Å². The van der Waals surface area contributed by atoms with E-state index in [9.17, 15) is 9.59 Å². The van der Waals surface area contributed by atoms with Gasteiger partial charge in [0.15, 0.2) is 0 Å². The Hall–Kier alpha value is -1.79. The molecule has 1 atom stereocenters. The molecule has 1 aliphatic rings. The van der Waals surface area contributed by atoms with Crippen molar-refractivity contribution >= 4 is 40.6 Å². The van der Waals surface area contributed by atoms with Crippen LogP contribution in [0.15, 0.2) is 35.0 Å². The summed E-state index contributed by atoms with van der Waals surface area (Å²) < 4.78 is 0. The molecule has 2 aromatic rings. The number of thiophene rings is 1. The topological polar surface area (TPSA) is 49.4 Å². The zero-order valence-corrected chi connectivity index (χ0v) is 14.7. The maximum absolute atomic E-state index is 12.6. The van der Waals surface area contributed by atoms with Crippen molar-refractivity contribution in [2.24, 2.45) is 0 Å². The second kappa shape index (κ2) is 6.76. The van der Waals surface area contributed by atoms with Crippen LogP contribution in [0.3, 0.4) is 0 Å². The molecular formula is C17H18N2O2S2. The monoisotopic (exact) mass is 346 g/mol. The van der Waals surface area contributed by atoms with Gasteiger partial charge in [0.2, 0.25) is 5.91 Å². The number of nitrogens with one attached hydrogen (secondary N) is 1. The van der Waals surface area contributed by atoms with E-state index in [0.717, 1.165) is 16.8 Å². The lowest BCUT2D eigenvalue weighted by molar-refractivity contribution is -0.119. The number of anilines is 1. The van der Waals surface area contributed by atoms with Crippen LogP contribution in [0.5, 0.6) is 0 Å². The quantitative estimate of drug-likeness (QED) is 0.925. The number of benzene rings is 1. The van der Waals surface area contributed by atoms with Crippen molar-refractivity contribution in [2.45, 2.75) is 19.9 Å². The van der Waals surface area contributed by atoms with Crippen LogP contribution in [-0.4, -0.2) is 34.4 Å². The first-order chi connectivity index (χ1) is 11.1. The summed E-state index contributed by atoms with van der Waals surface area (Å²) in [6.07, 6.45) is 0. The molecule has 3 rings (SSSR count). The zero-order chi connectivity index (χ0) is 16.4. The first-order valence-corrected chi connectivity index (χ1v) is 9.45. The molecule has 0 radical (unpaired) electrons. The van der Waals surface area contributed by atoms with E-state index in [0.29, 0.717) is 17.2 Å². The number of rotatable bonds is 3. The molecule has 23 heavy (non-hydrogen) atoms. The average molecular weight is 346 g/mol. The second-order valence-electron chi connectivity index (χ2n) is 5.61. The van der Waals surface area contributed by atoms with E-state index in [-0.39, 0.29) is 11.8 Å². The van der Waals surface area contributed by atoms with Crippen LogP contribution in [0.4, 0.5) is 5.69 Å². The molecule has 2 heterocycles. The number of nitrogens with zero attached hydrogens (tertiary/aromatic N) is 1. The Morgan fingerprint density at radius 3 is 2.78 bits per heavy atom. The van der Waals surface area contributed by atoms with Gasteiger partial charge in [0.1, 0.15) is 6.04 Å². The van der Waals surface area contributed by atoms with Crippen LogP contribution >= 0.6 is 23.1 Å². The predicted octanol–water partition coefficient (Wildman–Crippen LogP) is 3.52. The van der Waals surface area contributed by atoms with Gasteiger partial charge in [0, 0.05) is 16.8 Å². The molecule has 120 valence electrons. The Bertz CT molecular complexity index is 728. The number of thioether (sulfide) groups is 1. The third-order valence-electron chi connectivity index (χ3n) is 3.85. The number of hydrogen-bond acceptors (Lipinski definition) is 4. The molecule has 0 unspecified atom stereocenters. The summed E-state index contributed by atoms with van der Waals surface area (Å²) in [6.45, 7) is 3.99. The summed E-state index contributed by atoms with van der Waals surface area (Å²) in [5, 5.41) is 6.67. The average Bonchev–Trinajstić information content (AvgIpc) is 3.20. The van der Waals surface area contributed by atoms with Gasteiger partial charge in [0.05, 0.1) is 11.4 Å². The van der Waals surface area contributed by atoms with Gasteiger partial charge in [-0.3, -0.25) is 9.59 Å². The van der Waals surface area contributed by atoms with Crippen LogP contribution < -0.4 is 5.32 Å². The summed E-state index contributed by atoms with van der Waals surface area (Å²) in [5.74, 6) is 0.995. The second-order valence-corrected chi connectivity index (χ2v) is 7.39. The fraction of sp³-hybridized carbons (Fsp3) is 0.294. The third-order valence-corrected chi connectivity index (χ3v) is 5.55. The minimum atomic E-state index is -0.423. The lowest BCUT2D eigenvalue weighted by Crippen LogP contribution is -2.44. The van der Waals surface area contributed by atoms with Gasteiger partial charge >= 0.3 is 0 Å².